The van der Waals surface area contributed by atoms with Gasteiger partial charge in [0.05, 0.1) is 0 Å². The van der Waals surface area contributed by atoms with Crippen molar-refractivity contribution in [2.45, 2.75) is 66.9 Å². The van der Waals surface area contributed by atoms with Crippen LogP contribution >= 0.6 is 0 Å². The molecule has 0 heterocycles. The molecular formula is C23F32IO4+. The van der Waals surface area contributed by atoms with E-state index in [-0.39, 0.29) is 0 Å². The molecule has 0 fully saturated rings. The first-order valence-electron chi connectivity index (χ1n) is 12.8. The summed E-state index contributed by atoms with van der Waals surface area (Å²) in [7, 11) is 0. The monoisotopic (exact) mass is 1070 g/mol. The van der Waals surface area contributed by atoms with Crippen LogP contribution in [-0.4, -0.2) is 66.9 Å². The van der Waals surface area contributed by atoms with Gasteiger partial charge in [0.15, 0.2) is 0 Å². The highest BCUT2D eigenvalue weighted by Crippen LogP contribution is 2.64. The molecule has 0 amide bonds. The van der Waals surface area contributed by atoms with E-state index in [4.69, 9.17) is 0 Å². The third-order valence-electron chi connectivity index (χ3n) is 6.13. The first-order valence-corrected chi connectivity index (χ1v) is 15.0. The fourth-order valence-electron chi connectivity index (χ4n) is 3.49. The fourth-order valence-corrected chi connectivity index (χ4v) is 6.16. The van der Waals surface area contributed by atoms with Crippen LogP contribution in [0.1, 0.15) is 0 Å². The van der Waals surface area contributed by atoms with Crippen LogP contribution < -0.4 is 40.2 Å². The van der Waals surface area contributed by atoms with Crippen LogP contribution in [0.5, 0.6) is 23.0 Å². The van der Waals surface area contributed by atoms with Crippen molar-refractivity contribution in [1.29, 1.82) is 0 Å². The van der Waals surface area contributed by atoms with Gasteiger partial charge < -0.3 is 18.9 Å². The second-order valence-corrected chi connectivity index (χ2v) is 12.8. The Balaban J connectivity index is 2.91. The molecular weight excluding hydrogens is 1080 g/mol. The largest absolute Gasteiger partial charge is 0.573 e. The van der Waals surface area contributed by atoms with Crippen molar-refractivity contribution in [2.75, 3.05) is 0 Å². The topological polar surface area (TPSA) is 36.9 Å². The maximum Gasteiger partial charge on any atom is 0.573 e. The van der Waals surface area contributed by atoms with Gasteiger partial charge in [-0.2, -0.15) is 101 Å². The van der Waals surface area contributed by atoms with Gasteiger partial charge in [0.25, 0.3) is 7.14 Å². The van der Waals surface area contributed by atoms with Gasteiger partial charge in [0, 0.05) is 0 Å². The minimum absolute atomic E-state index is 2.11. The first-order chi connectivity index (χ1) is 26.1. The predicted molar refractivity (Wildman–Crippen MR) is 111 cm³/mol. The molecule has 0 aliphatic heterocycles. The zero-order valence-corrected chi connectivity index (χ0v) is 27.8. The predicted octanol–water partition coefficient (Wildman–Crippen LogP) is 8.69. The third-order valence-corrected chi connectivity index (χ3v) is 9.14. The van der Waals surface area contributed by atoms with Gasteiger partial charge in [-0.25, -0.2) is 0 Å². The molecule has 0 aliphatic rings. The van der Waals surface area contributed by atoms with Gasteiger partial charge in [-0.1, -0.05) is 0 Å². The van der Waals surface area contributed by atoms with Crippen LogP contribution in [0.25, 0.3) is 0 Å². The van der Waals surface area contributed by atoms with Gasteiger partial charge >= 0.3 is 88.1 Å². The summed E-state index contributed by atoms with van der Waals surface area (Å²) >= 11 is -4.63. The Morgan fingerprint density at radius 1 is 0.267 bits per heavy atom. The molecule has 0 N–H and O–H groups in total. The zero-order chi connectivity index (χ0) is 48.0. The Bertz CT molecular complexity index is 1870. The zero-order valence-electron chi connectivity index (χ0n) is 25.6. The van der Waals surface area contributed by atoms with Crippen molar-refractivity contribution < 1.29 is 181 Å². The van der Waals surface area contributed by atoms with Crippen molar-refractivity contribution in [2.24, 2.45) is 0 Å². The van der Waals surface area contributed by atoms with Crippen molar-refractivity contribution in [3.8, 4) is 23.0 Å². The summed E-state index contributed by atoms with van der Waals surface area (Å²) in [4.78, 5) is 0. The lowest BCUT2D eigenvalue weighted by atomic mass is 9.90. The number of rotatable bonds is 13. The van der Waals surface area contributed by atoms with Crippen LogP contribution in [0.15, 0.2) is 0 Å². The van der Waals surface area contributed by atoms with E-state index >= 15 is 0 Å². The quantitative estimate of drug-likeness (QED) is 0.0872. The van der Waals surface area contributed by atoms with E-state index < -0.39 is 153 Å². The Hall–Kier alpha value is -3.87. The summed E-state index contributed by atoms with van der Waals surface area (Å²) < 4.78 is 437. The molecule has 2 aromatic rings. The van der Waals surface area contributed by atoms with Crippen molar-refractivity contribution in [1.82, 2.24) is 0 Å². The highest BCUT2D eigenvalue weighted by atomic mass is 127. The molecule has 0 atom stereocenters. The lowest BCUT2D eigenvalue weighted by Crippen LogP contribution is -3.62. The van der Waals surface area contributed by atoms with Crippen LogP contribution in [-0.2, 0) is 0 Å². The van der Waals surface area contributed by atoms with E-state index in [9.17, 15) is 140 Å². The van der Waals surface area contributed by atoms with Gasteiger partial charge in [0.1, 0.15) is 0 Å². The molecule has 0 aliphatic carbocycles. The Labute approximate surface area is 313 Å². The fraction of sp³-hybridized carbons (Fsp3) is 0.478. The average Bonchev–Trinajstić information content (AvgIpc) is 3.03. The Morgan fingerprint density at radius 3 is 0.833 bits per heavy atom. The highest BCUT2D eigenvalue weighted by Gasteiger charge is 2.96. The molecule has 0 bridgehead atoms. The highest BCUT2D eigenvalue weighted by molar-refractivity contribution is 5.46. The molecule has 346 valence electrons. The maximum absolute atomic E-state index is 14.9. The first kappa shape index (κ1) is 52.3. The number of hydrogen-bond acceptors (Lipinski definition) is 4. The van der Waals surface area contributed by atoms with E-state index in [1.807, 2.05) is 0 Å². The smallest absolute Gasteiger partial charge is 0.421 e. The summed E-state index contributed by atoms with van der Waals surface area (Å²) in [6.07, 6.45) is -36.2. The third kappa shape index (κ3) is 8.89. The van der Waals surface area contributed by atoms with Crippen molar-refractivity contribution >= 4 is 0 Å². The van der Waals surface area contributed by atoms with Gasteiger partial charge in [0.2, 0.25) is 57.9 Å². The van der Waals surface area contributed by atoms with Crippen molar-refractivity contribution in [3.63, 3.8) is 0 Å². The van der Waals surface area contributed by atoms with E-state index in [1.165, 1.54) is 0 Å². The molecule has 0 spiro atoms. The number of hydrogen-bond donors (Lipinski definition) is 0. The molecule has 60 heavy (non-hydrogen) atoms. The van der Waals surface area contributed by atoms with E-state index in [2.05, 4.69) is 18.9 Å². The molecule has 2 aromatic carbocycles. The van der Waals surface area contributed by atoms with Gasteiger partial charge in [-0.3, -0.25) is 0 Å². The number of ether oxygens (including phenoxy) is 4. The Kier molecular flexibility index (Phi) is 13.2. The standard InChI is InChI=1S/C23F32IO4/c24-1-3(26)9(57-20(45,46)18(40,41)16(36,37)14(32,33)13(30,31)15(34,35)17(38,39)19(42,43)44)4(27)2(25)7(1)56-8-11(59-22(50,51)52)5(28)10(58-21(47,48)49)6(29)12(8)60-23(53,54)55/q+1. The number of benzene rings is 2. The normalized spacial score (nSPS) is 14.7. The minimum atomic E-state index is -9.34. The van der Waals surface area contributed by atoms with E-state index in [0.717, 1.165) is 0 Å². The number of alkyl halides is 26. The summed E-state index contributed by atoms with van der Waals surface area (Å²) in [5, 5.41) is 0. The van der Waals surface area contributed by atoms with Crippen LogP contribution in [0, 0.1) is 42.0 Å². The van der Waals surface area contributed by atoms with Gasteiger partial charge in [-0.05, 0) is 0 Å². The van der Waals surface area contributed by atoms with Crippen LogP contribution in [0.3, 0.4) is 0 Å². The average molecular weight is 1080 g/mol. The second kappa shape index (κ2) is 15.2. The number of halogens is 33. The molecule has 4 nitrogen and oxygen atoms in total. The lowest BCUT2D eigenvalue weighted by molar-refractivity contribution is -0.607. The summed E-state index contributed by atoms with van der Waals surface area (Å²) in [6, 6.07) is 0. The van der Waals surface area contributed by atoms with Crippen molar-refractivity contribution in [3.05, 3.63) is 42.0 Å². The molecule has 2 rings (SSSR count). The molecule has 0 aromatic heterocycles. The lowest BCUT2D eigenvalue weighted by Gasteiger charge is -2.42. The van der Waals surface area contributed by atoms with Crippen LogP contribution in [0.4, 0.5) is 140 Å². The second-order valence-electron chi connectivity index (χ2n) is 10.1. The SMILES string of the molecule is Fc1c(F)c([I+]c2c(OC(F)(F)F)c(F)c(OC(F)(F)F)c(F)c2OC(F)(F)F)c(F)c(F)c1OC(F)(F)C(F)(F)C(F)(F)C(F)(F)C(F)(F)C(F)(F)C(F)(F)C(F)(F)F. The molecule has 0 saturated carbocycles. The molecule has 0 saturated heterocycles. The summed E-state index contributed by atoms with van der Waals surface area (Å²) in [6.45, 7) is 0. The van der Waals surface area contributed by atoms with Crippen LogP contribution in [0.2, 0.25) is 0 Å². The summed E-state index contributed by atoms with van der Waals surface area (Å²) in [5.74, 6) is -91.6. The van der Waals surface area contributed by atoms with E-state index in [1.54, 1.807) is 0 Å². The maximum atomic E-state index is 14.9. The van der Waals surface area contributed by atoms with Gasteiger partial charge in [-0.15, -0.1) is 39.5 Å². The molecule has 0 radical (unpaired) electrons. The molecule has 0 unspecified atom stereocenters. The molecule has 37 heteroatoms. The van der Waals surface area contributed by atoms with E-state index in [0.29, 0.717) is 0 Å². The Morgan fingerprint density at radius 2 is 0.533 bits per heavy atom. The summed E-state index contributed by atoms with van der Waals surface area (Å²) in [5.41, 5.74) is 0. The minimum Gasteiger partial charge on any atom is -0.421 e.